The molecule has 0 aromatic heterocycles. The molecule has 0 spiro atoms. The van der Waals surface area contributed by atoms with Gasteiger partial charge in [-0.15, -0.1) is 0 Å². The summed E-state index contributed by atoms with van der Waals surface area (Å²) in [6, 6.07) is 6.02. The van der Waals surface area contributed by atoms with E-state index in [4.69, 9.17) is 4.74 Å². The summed E-state index contributed by atoms with van der Waals surface area (Å²) in [7, 11) is 0. The van der Waals surface area contributed by atoms with Crippen molar-refractivity contribution in [2.75, 3.05) is 18.5 Å². The van der Waals surface area contributed by atoms with Gasteiger partial charge in [0.25, 0.3) is 0 Å². The highest BCUT2D eigenvalue weighted by atomic mass is 79.9. The average Bonchev–Trinajstić information content (AvgIpc) is 2.91. The van der Waals surface area contributed by atoms with Crippen LogP contribution in [0, 0.1) is 6.92 Å². The van der Waals surface area contributed by atoms with Crippen molar-refractivity contribution in [3.63, 3.8) is 0 Å². The van der Waals surface area contributed by atoms with Crippen molar-refractivity contribution in [1.29, 1.82) is 0 Å². The molecule has 4 heteroatoms. The number of rotatable bonds is 6. The molecule has 1 aliphatic rings. The van der Waals surface area contributed by atoms with E-state index >= 15 is 0 Å². The van der Waals surface area contributed by atoms with E-state index in [-0.39, 0.29) is 0 Å². The number of benzene rings is 1. The van der Waals surface area contributed by atoms with Crippen molar-refractivity contribution < 1.29 is 9.84 Å². The van der Waals surface area contributed by atoms with Crippen LogP contribution in [0.3, 0.4) is 0 Å². The van der Waals surface area contributed by atoms with Crippen molar-refractivity contribution >= 4 is 21.6 Å². The van der Waals surface area contributed by atoms with E-state index in [9.17, 15) is 5.11 Å². The van der Waals surface area contributed by atoms with Gasteiger partial charge >= 0.3 is 0 Å². The summed E-state index contributed by atoms with van der Waals surface area (Å²) in [5.41, 5.74) is 2.21. The molecule has 1 aromatic rings. The highest BCUT2D eigenvalue weighted by molar-refractivity contribution is 9.10. The molecular weight excluding hydrogens is 306 g/mol. The van der Waals surface area contributed by atoms with E-state index in [2.05, 4.69) is 21.2 Å². The maximum Gasteiger partial charge on any atom is 0.0945 e. The van der Waals surface area contributed by atoms with Crippen LogP contribution in [-0.2, 0) is 4.74 Å². The molecule has 3 nitrogen and oxygen atoms in total. The topological polar surface area (TPSA) is 41.5 Å². The zero-order valence-corrected chi connectivity index (χ0v) is 12.9. The lowest BCUT2D eigenvalue weighted by atomic mass is 10.2. The largest absolute Gasteiger partial charge is 0.389 e. The summed E-state index contributed by atoms with van der Waals surface area (Å²) in [4.78, 5) is 0. The normalized spacial score (nSPS) is 17.6. The van der Waals surface area contributed by atoms with Gasteiger partial charge in [-0.1, -0.05) is 34.8 Å². The third-order valence-corrected chi connectivity index (χ3v) is 4.48. The monoisotopic (exact) mass is 327 g/mol. The predicted octanol–water partition coefficient (Wildman–Crippen LogP) is 3.49. The molecule has 2 rings (SSSR count). The SMILES string of the molecule is Cc1c(Br)cccc1NCC(O)COC1CCCC1. The lowest BCUT2D eigenvalue weighted by Gasteiger charge is -2.17. The zero-order chi connectivity index (χ0) is 13.7. The molecule has 1 fully saturated rings. The van der Waals surface area contributed by atoms with E-state index in [0.29, 0.717) is 19.3 Å². The Morgan fingerprint density at radius 1 is 1.42 bits per heavy atom. The van der Waals surface area contributed by atoms with E-state index in [0.717, 1.165) is 28.6 Å². The van der Waals surface area contributed by atoms with Crippen molar-refractivity contribution in [3.8, 4) is 0 Å². The Labute approximate surface area is 123 Å². The van der Waals surface area contributed by atoms with Crippen LogP contribution in [0.1, 0.15) is 31.2 Å². The molecule has 0 amide bonds. The number of aliphatic hydroxyl groups is 1. The Morgan fingerprint density at radius 2 is 2.16 bits per heavy atom. The van der Waals surface area contributed by atoms with Crippen LogP contribution >= 0.6 is 15.9 Å². The smallest absolute Gasteiger partial charge is 0.0945 e. The van der Waals surface area contributed by atoms with Gasteiger partial charge in [0.2, 0.25) is 0 Å². The molecule has 1 aliphatic carbocycles. The third kappa shape index (κ3) is 4.48. The highest BCUT2D eigenvalue weighted by Gasteiger charge is 2.16. The Kier molecular flexibility index (Phi) is 5.67. The summed E-state index contributed by atoms with van der Waals surface area (Å²) in [6.07, 6.45) is 4.71. The molecule has 1 aromatic carbocycles. The fourth-order valence-corrected chi connectivity index (χ4v) is 2.75. The maximum absolute atomic E-state index is 9.93. The fourth-order valence-electron chi connectivity index (χ4n) is 2.39. The molecule has 1 unspecified atom stereocenters. The molecule has 0 radical (unpaired) electrons. The fraction of sp³-hybridized carbons (Fsp3) is 0.600. The lowest BCUT2D eigenvalue weighted by molar-refractivity contribution is -0.00117. The van der Waals surface area contributed by atoms with Gasteiger partial charge in [-0.05, 0) is 37.5 Å². The van der Waals surface area contributed by atoms with Gasteiger partial charge in [0.05, 0.1) is 18.8 Å². The number of hydrogen-bond acceptors (Lipinski definition) is 3. The molecule has 106 valence electrons. The van der Waals surface area contributed by atoms with E-state index in [1.807, 2.05) is 25.1 Å². The van der Waals surface area contributed by atoms with Crippen LogP contribution in [0.2, 0.25) is 0 Å². The van der Waals surface area contributed by atoms with Gasteiger partial charge in [0, 0.05) is 16.7 Å². The average molecular weight is 328 g/mol. The van der Waals surface area contributed by atoms with E-state index < -0.39 is 6.10 Å². The number of aliphatic hydroxyl groups excluding tert-OH is 1. The molecule has 19 heavy (non-hydrogen) atoms. The van der Waals surface area contributed by atoms with E-state index in [1.165, 1.54) is 12.8 Å². The van der Waals surface area contributed by atoms with Gasteiger partial charge in [-0.3, -0.25) is 0 Å². The van der Waals surface area contributed by atoms with Gasteiger partial charge in [-0.25, -0.2) is 0 Å². The Balaban J connectivity index is 1.73. The summed E-state index contributed by atoms with van der Waals surface area (Å²) in [6.45, 7) is 2.99. The van der Waals surface area contributed by atoms with E-state index in [1.54, 1.807) is 0 Å². The quantitative estimate of drug-likeness (QED) is 0.840. The molecule has 1 saturated carbocycles. The Hall–Kier alpha value is -0.580. The first-order chi connectivity index (χ1) is 9.16. The standard InChI is InChI=1S/C15H22BrNO2/c1-11-14(16)7-4-8-15(11)17-9-12(18)10-19-13-5-2-3-6-13/h4,7-8,12-13,17-18H,2-3,5-6,9-10H2,1H3. The van der Waals surface area contributed by atoms with Crippen LogP contribution in [0.5, 0.6) is 0 Å². The van der Waals surface area contributed by atoms with Gasteiger partial charge < -0.3 is 15.2 Å². The van der Waals surface area contributed by atoms with Crippen LogP contribution in [0.15, 0.2) is 22.7 Å². The minimum Gasteiger partial charge on any atom is -0.389 e. The van der Waals surface area contributed by atoms with Crippen molar-refractivity contribution in [3.05, 3.63) is 28.2 Å². The summed E-state index contributed by atoms with van der Waals surface area (Å²) >= 11 is 3.50. The van der Waals surface area contributed by atoms with Crippen molar-refractivity contribution in [1.82, 2.24) is 0 Å². The molecule has 0 aliphatic heterocycles. The second kappa shape index (κ2) is 7.27. The summed E-state index contributed by atoms with van der Waals surface area (Å²) in [5.74, 6) is 0. The predicted molar refractivity (Wildman–Crippen MR) is 81.6 cm³/mol. The minimum absolute atomic E-state index is 0.363. The first-order valence-corrected chi connectivity index (χ1v) is 7.75. The van der Waals surface area contributed by atoms with Crippen LogP contribution in [-0.4, -0.2) is 30.5 Å². The molecule has 0 bridgehead atoms. The molecule has 0 heterocycles. The number of halogens is 1. The number of anilines is 1. The van der Waals surface area contributed by atoms with Crippen molar-refractivity contribution in [2.45, 2.75) is 44.8 Å². The van der Waals surface area contributed by atoms with Crippen LogP contribution in [0.25, 0.3) is 0 Å². The second-order valence-corrected chi connectivity index (χ2v) is 6.04. The maximum atomic E-state index is 9.93. The first kappa shape index (κ1) is 14.8. The van der Waals surface area contributed by atoms with Gasteiger partial charge in [0.1, 0.15) is 0 Å². The second-order valence-electron chi connectivity index (χ2n) is 5.19. The number of hydrogen-bond donors (Lipinski definition) is 2. The Morgan fingerprint density at radius 3 is 2.89 bits per heavy atom. The van der Waals surface area contributed by atoms with Gasteiger partial charge in [-0.2, -0.15) is 0 Å². The molecule has 0 saturated heterocycles. The highest BCUT2D eigenvalue weighted by Crippen LogP contribution is 2.23. The minimum atomic E-state index is -0.459. The van der Waals surface area contributed by atoms with Crippen LogP contribution in [0.4, 0.5) is 5.69 Å². The number of ether oxygens (including phenoxy) is 1. The summed E-state index contributed by atoms with van der Waals surface area (Å²) in [5, 5.41) is 13.2. The first-order valence-electron chi connectivity index (χ1n) is 6.95. The van der Waals surface area contributed by atoms with Crippen LogP contribution < -0.4 is 5.32 Å². The Bertz CT molecular complexity index is 405. The van der Waals surface area contributed by atoms with Gasteiger partial charge in [0.15, 0.2) is 0 Å². The number of nitrogens with one attached hydrogen (secondary N) is 1. The van der Waals surface area contributed by atoms with Crippen molar-refractivity contribution in [2.24, 2.45) is 0 Å². The molecule has 1 atom stereocenters. The lowest BCUT2D eigenvalue weighted by Crippen LogP contribution is -2.27. The molecular formula is C15H22BrNO2. The third-order valence-electron chi connectivity index (χ3n) is 3.62. The summed E-state index contributed by atoms with van der Waals surface area (Å²) < 4.78 is 6.79. The molecule has 2 N–H and O–H groups in total. The zero-order valence-electron chi connectivity index (χ0n) is 11.4.